The van der Waals surface area contributed by atoms with Crippen molar-refractivity contribution in [1.82, 2.24) is 5.32 Å². The number of aryl methyl sites for hydroxylation is 2. The molecule has 146 valence electrons. The van der Waals surface area contributed by atoms with Crippen LogP contribution in [0.15, 0.2) is 34.1 Å². The van der Waals surface area contributed by atoms with Crippen LogP contribution < -0.4 is 10.1 Å². The highest BCUT2D eigenvalue weighted by atomic mass is 32.2. The van der Waals surface area contributed by atoms with Crippen LogP contribution in [0.1, 0.15) is 63.8 Å². The summed E-state index contributed by atoms with van der Waals surface area (Å²) in [7, 11) is 0. The van der Waals surface area contributed by atoms with Gasteiger partial charge in [-0.15, -0.1) is 0 Å². The van der Waals surface area contributed by atoms with Gasteiger partial charge in [-0.1, -0.05) is 44.7 Å². The first-order chi connectivity index (χ1) is 12.4. The Kier molecular flexibility index (Phi) is 5.39. The van der Waals surface area contributed by atoms with Gasteiger partial charge in [0, 0.05) is 17.6 Å². The molecule has 0 radical (unpaired) electrons. The van der Waals surface area contributed by atoms with Gasteiger partial charge >= 0.3 is 0 Å². The number of ether oxygens (including phenoxy) is 1. The Morgan fingerprint density at radius 3 is 1.85 bits per heavy atom. The van der Waals surface area contributed by atoms with Crippen molar-refractivity contribution in [3.8, 4) is 11.5 Å². The molecule has 27 heavy (non-hydrogen) atoms. The Morgan fingerprint density at radius 1 is 0.815 bits per heavy atom. The highest BCUT2D eigenvalue weighted by Gasteiger charge is 2.26. The minimum atomic E-state index is 0.0743. The molecule has 0 amide bonds. The summed E-state index contributed by atoms with van der Waals surface area (Å²) in [5.41, 5.74) is 5.42. The molecule has 1 N–H and O–H groups in total. The van der Waals surface area contributed by atoms with E-state index >= 15 is 0 Å². The first kappa shape index (κ1) is 20.3. The van der Waals surface area contributed by atoms with Crippen molar-refractivity contribution in [1.29, 1.82) is 0 Å². The number of rotatable bonds is 3. The lowest BCUT2D eigenvalue weighted by atomic mass is 9.87. The molecule has 1 aliphatic heterocycles. The van der Waals surface area contributed by atoms with E-state index in [1.54, 1.807) is 0 Å². The molecule has 1 aliphatic rings. The second-order valence-corrected chi connectivity index (χ2v) is 11.1. The lowest BCUT2D eigenvalue weighted by Crippen LogP contribution is -2.35. The molecule has 0 saturated carbocycles. The molecule has 0 fully saturated rings. The topological polar surface area (TPSA) is 21.3 Å². The Balaban J connectivity index is 2.02. The van der Waals surface area contributed by atoms with Gasteiger partial charge < -0.3 is 10.1 Å². The number of fused-ring (bicyclic) bond motifs is 2. The van der Waals surface area contributed by atoms with Crippen LogP contribution in [0, 0.1) is 19.3 Å². The van der Waals surface area contributed by atoms with Crippen molar-refractivity contribution in [3.05, 3.63) is 46.5 Å². The average Bonchev–Trinajstić information content (AvgIpc) is 2.48. The van der Waals surface area contributed by atoms with E-state index in [1.807, 2.05) is 11.8 Å². The fourth-order valence-electron chi connectivity index (χ4n) is 3.42. The third kappa shape index (κ3) is 5.08. The molecule has 1 heterocycles. The summed E-state index contributed by atoms with van der Waals surface area (Å²) in [6.45, 7) is 18.6. The van der Waals surface area contributed by atoms with Gasteiger partial charge in [-0.2, -0.15) is 0 Å². The molecule has 0 spiro atoms. The second kappa shape index (κ2) is 7.18. The van der Waals surface area contributed by atoms with E-state index in [0.29, 0.717) is 0 Å². The van der Waals surface area contributed by atoms with Crippen molar-refractivity contribution in [2.24, 2.45) is 5.41 Å². The van der Waals surface area contributed by atoms with Crippen LogP contribution in [-0.2, 0) is 13.0 Å². The molecule has 0 bridgehead atoms. The third-order valence-corrected chi connectivity index (χ3v) is 5.55. The molecule has 2 aromatic carbocycles. The molecule has 2 nitrogen and oxygen atoms in total. The van der Waals surface area contributed by atoms with Gasteiger partial charge in [-0.25, -0.2) is 0 Å². The summed E-state index contributed by atoms with van der Waals surface area (Å²) in [4.78, 5) is 2.46. The standard InChI is InChI=1S/C24H33NOS/c1-15-9-17(13-23(3,4)5)21-19(11-15)27-20-12-16(2)10-18(22(20)26-21)14-25-24(6,7)8/h9-12,25H,13-14H2,1-8H3. The Hall–Kier alpha value is -1.45. The molecule has 0 aliphatic carbocycles. The lowest BCUT2D eigenvalue weighted by Gasteiger charge is -2.28. The SMILES string of the molecule is Cc1cc(CNC(C)(C)C)c2c(c1)Sc1cc(C)cc(CC(C)(C)C)c1O2. The quantitative estimate of drug-likeness (QED) is 0.524. The summed E-state index contributed by atoms with van der Waals surface area (Å²) in [5.74, 6) is 2.07. The van der Waals surface area contributed by atoms with Gasteiger partial charge in [-0.3, -0.25) is 0 Å². The number of benzene rings is 2. The van der Waals surface area contributed by atoms with Crippen molar-refractivity contribution >= 4 is 11.8 Å². The van der Waals surface area contributed by atoms with E-state index in [-0.39, 0.29) is 11.0 Å². The third-order valence-electron chi connectivity index (χ3n) is 4.51. The fourth-order valence-corrected chi connectivity index (χ4v) is 4.68. The fraction of sp³-hybridized carbons (Fsp3) is 0.500. The summed E-state index contributed by atoms with van der Waals surface area (Å²) in [5, 5.41) is 3.61. The van der Waals surface area contributed by atoms with Gasteiger partial charge in [0.2, 0.25) is 0 Å². The smallest absolute Gasteiger partial charge is 0.145 e. The second-order valence-electron chi connectivity index (χ2n) is 10.0. The van der Waals surface area contributed by atoms with Crippen molar-refractivity contribution < 1.29 is 4.74 Å². The van der Waals surface area contributed by atoms with E-state index in [4.69, 9.17) is 4.74 Å². The van der Waals surface area contributed by atoms with Gasteiger partial charge in [-0.05, 0) is 75.3 Å². The molecule has 0 aromatic heterocycles. The van der Waals surface area contributed by atoms with E-state index in [1.165, 1.54) is 32.0 Å². The first-order valence-electron chi connectivity index (χ1n) is 9.79. The van der Waals surface area contributed by atoms with E-state index in [0.717, 1.165) is 24.5 Å². The lowest BCUT2D eigenvalue weighted by molar-refractivity contribution is 0.384. The van der Waals surface area contributed by atoms with E-state index in [2.05, 4.69) is 85.0 Å². The van der Waals surface area contributed by atoms with Gasteiger partial charge in [0.1, 0.15) is 11.5 Å². The minimum absolute atomic E-state index is 0.0743. The van der Waals surface area contributed by atoms with E-state index < -0.39 is 0 Å². The van der Waals surface area contributed by atoms with Crippen LogP contribution in [0.2, 0.25) is 0 Å². The monoisotopic (exact) mass is 383 g/mol. The number of nitrogens with one attached hydrogen (secondary N) is 1. The normalized spacial score (nSPS) is 13.8. The Labute approximate surface area is 169 Å². The van der Waals surface area contributed by atoms with Crippen molar-refractivity contribution in [2.45, 2.75) is 83.7 Å². The van der Waals surface area contributed by atoms with Gasteiger partial charge in [0.25, 0.3) is 0 Å². The minimum Gasteiger partial charge on any atom is -0.454 e. The Morgan fingerprint density at radius 2 is 1.33 bits per heavy atom. The highest BCUT2D eigenvalue weighted by Crippen LogP contribution is 2.51. The van der Waals surface area contributed by atoms with Crippen LogP contribution >= 0.6 is 11.8 Å². The summed E-state index contributed by atoms with van der Waals surface area (Å²) in [6.07, 6.45) is 1.01. The van der Waals surface area contributed by atoms with Crippen molar-refractivity contribution in [3.63, 3.8) is 0 Å². The van der Waals surface area contributed by atoms with Crippen LogP contribution in [0.5, 0.6) is 11.5 Å². The van der Waals surface area contributed by atoms with Crippen molar-refractivity contribution in [2.75, 3.05) is 0 Å². The predicted octanol–water partition coefficient (Wildman–Crippen LogP) is 7.04. The molecule has 2 aromatic rings. The predicted molar refractivity (Wildman–Crippen MR) is 116 cm³/mol. The van der Waals surface area contributed by atoms with Crippen LogP contribution in [0.4, 0.5) is 0 Å². The maximum atomic E-state index is 6.60. The molecular weight excluding hydrogens is 350 g/mol. The summed E-state index contributed by atoms with van der Waals surface area (Å²) < 4.78 is 6.60. The zero-order valence-corrected chi connectivity index (χ0v) is 18.9. The van der Waals surface area contributed by atoms with Crippen LogP contribution in [0.3, 0.4) is 0 Å². The van der Waals surface area contributed by atoms with Gasteiger partial charge in [0.15, 0.2) is 0 Å². The molecule has 0 saturated heterocycles. The summed E-state index contributed by atoms with van der Waals surface area (Å²) >= 11 is 1.85. The van der Waals surface area contributed by atoms with E-state index in [9.17, 15) is 0 Å². The maximum absolute atomic E-state index is 6.60. The zero-order valence-electron chi connectivity index (χ0n) is 18.0. The number of hydrogen-bond donors (Lipinski definition) is 1. The average molecular weight is 384 g/mol. The first-order valence-corrected chi connectivity index (χ1v) is 10.6. The van der Waals surface area contributed by atoms with Crippen LogP contribution in [0.25, 0.3) is 0 Å². The van der Waals surface area contributed by atoms with Gasteiger partial charge in [0.05, 0.1) is 9.79 Å². The maximum Gasteiger partial charge on any atom is 0.145 e. The molecule has 3 rings (SSSR count). The highest BCUT2D eigenvalue weighted by molar-refractivity contribution is 7.99. The largest absolute Gasteiger partial charge is 0.454 e. The molecule has 3 heteroatoms. The zero-order chi connectivity index (χ0) is 20.0. The molecular formula is C24H33NOS. The van der Waals surface area contributed by atoms with Crippen LogP contribution in [-0.4, -0.2) is 5.54 Å². The molecule has 0 unspecified atom stereocenters. The number of hydrogen-bond acceptors (Lipinski definition) is 3. The Bertz CT molecular complexity index is 856. The summed E-state index contributed by atoms with van der Waals surface area (Å²) in [6, 6.07) is 9.04. The molecule has 0 atom stereocenters.